The molecule has 2 amide bonds. The second kappa shape index (κ2) is 11.8. The first-order valence-corrected chi connectivity index (χ1v) is 13.0. The van der Waals surface area contributed by atoms with E-state index < -0.39 is 34.3 Å². The van der Waals surface area contributed by atoms with Gasteiger partial charge in [0.05, 0.1) is 10.6 Å². The van der Waals surface area contributed by atoms with E-state index in [1.165, 1.54) is 42.3 Å². The van der Waals surface area contributed by atoms with Crippen LogP contribution in [0.5, 0.6) is 0 Å². The molecule has 7 nitrogen and oxygen atoms in total. The number of benzene rings is 3. The van der Waals surface area contributed by atoms with Crippen LogP contribution in [0.25, 0.3) is 0 Å². The van der Waals surface area contributed by atoms with Gasteiger partial charge in [-0.15, -0.1) is 0 Å². The minimum absolute atomic E-state index is 0.0792. The minimum atomic E-state index is -4.30. The van der Waals surface area contributed by atoms with Crippen LogP contribution in [0.1, 0.15) is 24.5 Å². The molecule has 0 radical (unpaired) electrons. The Morgan fingerprint density at radius 3 is 2.14 bits per heavy atom. The number of halogens is 1. The topological polar surface area (TPSA) is 86.8 Å². The number of para-hydroxylation sites is 1. The largest absolute Gasteiger partial charge is 0.357 e. The number of anilines is 1. The van der Waals surface area contributed by atoms with Crippen molar-refractivity contribution in [1.82, 2.24) is 10.2 Å². The van der Waals surface area contributed by atoms with Crippen molar-refractivity contribution in [2.24, 2.45) is 0 Å². The maximum absolute atomic E-state index is 14.8. The maximum Gasteiger partial charge on any atom is 0.264 e. The SMILES string of the molecule is CC[C@@H](C(=O)NC)N(Cc1ccc(C)cc1)C(=O)CN(c1ccccc1F)S(=O)(=O)c1ccccc1. The van der Waals surface area contributed by atoms with Crippen LogP contribution in [0.2, 0.25) is 0 Å². The average molecular weight is 512 g/mol. The Bertz CT molecular complexity index is 1300. The van der Waals surface area contributed by atoms with E-state index in [0.717, 1.165) is 21.5 Å². The molecule has 0 heterocycles. The van der Waals surface area contributed by atoms with Gasteiger partial charge in [-0.3, -0.25) is 13.9 Å². The van der Waals surface area contributed by atoms with Gasteiger partial charge in [0.25, 0.3) is 10.0 Å². The zero-order valence-electron chi connectivity index (χ0n) is 20.5. The molecule has 0 saturated heterocycles. The summed E-state index contributed by atoms with van der Waals surface area (Å²) in [6, 6.07) is 19.6. The van der Waals surface area contributed by atoms with Gasteiger partial charge in [0, 0.05) is 13.6 Å². The van der Waals surface area contributed by atoms with Crippen molar-refractivity contribution in [2.75, 3.05) is 17.9 Å². The average Bonchev–Trinajstić information content (AvgIpc) is 2.89. The van der Waals surface area contributed by atoms with Crippen LogP contribution < -0.4 is 9.62 Å². The Morgan fingerprint density at radius 2 is 1.56 bits per heavy atom. The van der Waals surface area contributed by atoms with Crippen molar-refractivity contribution in [3.8, 4) is 0 Å². The van der Waals surface area contributed by atoms with E-state index in [4.69, 9.17) is 0 Å². The first kappa shape index (κ1) is 26.9. The highest BCUT2D eigenvalue weighted by molar-refractivity contribution is 7.92. The van der Waals surface area contributed by atoms with E-state index in [-0.39, 0.29) is 23.0 Å². The summed E-state index contributed by atoms with van der Waals surface area (Å²) in [5.74, 6) is -1.79. The van der Waals surface area contributed by atoms with Crippen molar-refractivity contribution in [2.45, 2.75) is 37.8 Å². The van der Waals surface area contributed by atoms with Crippen LogP contribution in [0, 0.1) is 12.7 Å². The maximum atomic E-state index is 14.8. The molecular formula is C27H30FN3O4S. The number of nitrogens with one attached hydrogen (secondary N) is 1. The first-order valence-electron chi connectivity index (χ1n) is 11.6. The van der Waals surface area contributed by atoms with Crippen LogP contribution in [0.4, 0.5) is 10.1 Å². The van der Waals surface area contributed by atoms with E-state index >= 15 is 0 Å². The first-order chi connectivity index (χ1) is 17.2. The number of sulfonamides is 1. The molecule has 0 aliphatic heterocycles. The van der Waals surface area contributed by atoms with Crippen LogP contribution >= 0.6 is 0 Å². The van der Waals surface area contributed by atoms with Gasteiger partial charge in [-0.1, -0.05) is 67.1 Å². The Balaban J connectivity index is 2.05. The van der Waals surface area contributed by atoms with E-state index in [0.29, 0.717) is 6.42 Å². The molecule has 3 aromatic rings. The summed E-state index contributed by atoms with van der Waals surface area (Å²) in [7, 11) is -2.82. The van der Waals surface area contributed by atoms with E-state index in [9.17, 15) is 22.4 Å². The molecular weight excluding hydrogens is 481 g/mol. The van der Waals surface area contributed by atoms with Crippen molar-refractivity contribution in [1.29, 1.82) is 0 Å². The number of carbonyl (C=O) groups is 2. The highest BCUT2D eigenvalue weighted by Crippen LogP contribution is 2.27. The number of likely N-dealkylation sites (N-methyl/N-ethyl adjacent to an activating group) is 1. The lowest BCUT2D eigenvalue weighted by Crippen LogP contribution is -2.51. The van der Waals surface area contributed by atoms with Gasteiger partial charge >= 0.3 is 0 Å². The van der Waals surface area contributed by atoms with E-state index in [1.54, 1.807) is 25.1 Å². The summed E-state index contributed by atoms with van der Waals surface area (Å²) < 4.78 is 42.8. The third-order valence-corrected chi connectivity index (χ3v) is 7.61. The molecule has 0 fully saturated rings. The predicted molar refractivity (Wildman–Crippen MR) is 137 cm³/mol. The fourth-order valence-electron chi connectivity index (χ4n) is 3.86. The molecule has 0 aromatic heterocycles. The summed E-state index contributed by atoms with van der Waals surface area (Å²) in [5.41, 5.74) is 1.56. The smallest absolute Gasteiger partial charge is 0.264 e. The highest BCUT2D eigenvalue weighted by atomic mass is 32.2. The molecule has 36 heavy (non-hydrogen) atoms. The minimum Gasteiger partial charge on any atom is -0.357 e. The Morgan fingerprint density at radius 1 is 0.944 bits per heavy atom. The number of nitrogens with zero attached hydrogens (tertiary/aromatic N) is 2. The molecule has 3 rings (SSSR count). The third kappa shape index (κ3) is 6.09. The highest BCUT2D eigenvalue weighted by Gasteiger charge is 2.34. The molecule has 0 unspecified atom stereocenters. The van der Waals surface area contributed by atoms with Crippen LogP contribution in [0.15, 0.2) is 83.8 Å². The molecule has 0 saturated carbocycles. The predicted octanol–water partition coefficient (Wildman–Crippen LogP) is 3.88. The van der Waals surface area contributed by atoms with Gasteiger partial charge < -0.3 is 10.2 Å². The van der Waals surface area contributed by atoms with Crippen LogP contribution in [-0.2, 0) is 26.2 Å². The Hall–Kier alpha value is -3.72. The number of carbonyl (C=O) groups excluding carboxylic acids is 2. The van der Waals surface area contributed by atoms with Gasteiger partial charge in [0.1, 0.15) is 18.4 Å². The van der Waals surface area contributed by atoms with Crippen molar-refractivity contribution in [3.05, 3.63) is 95.8 Å². The van der Waals surface area contributed by atoms with Gasteiger partial charge in [0.15, 0.2) is 0 Å². The van der Waals surface area contributed by atoms with Crippen molar-refractivity contribution < 1.29 is 22.4 Å². The van der Waals surface area contributed by atoms with Crippen LogP contribution in [0.3, 0.4) is 0 Å². The number of amides is 2. The molecule has 9 heteroatoms. The lowest BCUT2D eigenvalue weighted by molar-refractivity contribution is -0.140. The Labute approximate surface area is 211 Å². The molecule has 1 atom stereocenters. The summed E-state index contributed by atoms with van der Waals surface area (Å²) in [4.78, 5) is 27.7. The van der Waals surface area contributed by atoms with Crippen LogP contribution in [-0.4, -0.2) is 44.8 Å². The molecule has 0 aliphatic carbocycles. The molecule has 0 aliphatic rings. The molecule has 0 spiro atoms. The van der Waals surface area contributed by atoms with Gasteiger partial charge in [-0.05, 0) is 43.2 Å². The molecule has 0 bridgehead atoms. The molecule has 3 aromatic carbocycles. The van der Waals surface area contributed by atoms with E-state index in [2.05, 4.69) is 5.32 Å². The quantitative estimate of drug-likeness (QED) is 0.448. The van der Waals surface area contributed by atoms with Crippen molar-refractivity contribution in [3.63, 3.8) is 0 Å². The number of hydrogen-bond acceptors (Lipinski definition) is 4. The van der Waals surface area contributed by atoms with Crippen molar-refractivity contribution >= 4 is 27.5 Å². The second-order valence-corrected chi connectivity index (χ2v) is 10.2. The normalized spacial score (nSPS) is 12.0. The third-order valence-electron chi connectivity index (χ3n) is 5.84. The van der Waals surface area contributed by atoms with Gasteiger partial charge in [-0.2, -0.15) is 0 Å². The number of rotatable bonds is 10. The molecule has 190 valence electrons. The summed E-state index contributed by atoms with van der Waals surface area (Å²) in [6.07, 6.45) is 0.308. The summed E-state index contributed by atoms with van der Waals surface area (Å²) >= 11 is 0. The summed E-state index contributed by atoms with van der Waals surface area (Å²) in [6.45, 7) is 3.11. The molecule has 1 N–H and O–H groups in total. The fourth-order valence-corrected chi connectivity index (χ4v) is 5.31. The zero-order valence-corrected chi connectivity index (χ0v) is 21.3. The van der Waals surface area contributed by atoms with Gasteiger partial charge in [0.2, 0.25) is 11.8 Å². The lowest BCUT2D eigenvalue weighted by atomic mass is 10.1. The zero-order chi connectivity index (χ0) is 26.3. The Kier molecular flexibility index (Phi) is 8.82. The monoisotopic (exact) mass is 511 g/mol. The number of hydrogen-bond donors (Lipinski definition) is 1. The standard InChI is InChI=1S/C27H30FN3O4S/c1-4-24(27(33)29-3)30(18-21-16-14-20(2)15-17-21)26(32)19-31(25-13-9-8-12-23(25)28)36(34,35)22-10-6-5-7-11-22/h5-17,24H,4,18-19H2,1-3H3,(H,29,33)/t24-/m0/s1. The lowest BCUT2D eigenvalue weighted by Gasteiger charge is -2.33. The number of aryl methyl sites for hydroxylation is 1. The van der Waals surface area contributed by atoms with Gasteiger partial charge in [-0.25, -0.2) is 12.8 Å². The fraction of sp³-hybridized carbons (Fsp3) is 0.259. The summed E-state index contributed by atoms with van der Waals surface area (Å²) in [5, 5.41) is 2.57. The second-order valence-electron chi connectivity index (χ2n) is 8.32. The van der Waals surface area contributed by atoms with E-state index in [1.807, 2.05) is 31.2 Å².